The zero-order valence-corrected chi connectivity index (χ0v) is 19.3. The molecule has 0 radical (unpaired) electrons. The maximum absolute atomic E-state index is 13.0. The normalized spacial score (nSPS) is 17.2. The molecule has 0 bridgehead atoms. The van der Waals surface area contributed by atoms with Crippen molar-refractivity contribution in [3.05, 3.63) is 70.7 Å². The molecule has 0 saturated carbocycles. The van der Waals surface area contributed by atoms with E-state index in [1.807, 2.05) is 52.3 Å². The first kappa shape index (κ1) is 21.0. The molecule has 34 heavy (non-hydrogen) atoms. The summed E-state index contributed by atoms with van der Waals surface area (Å²) in [5.74, 6) is 0.571. The van der Waals surface area contributed by atoms with Crippen LogP contribution in [0.3, 0.4) is 0 Å². The highest BCUT2D eigenvalue weighted by Gasteiger charge is 2.37. The molecule has 2 aliphatic rings. The van der Waals surface area contributed by atoms with Crippen molar-refractivity contribution in [1.82, 2.24) is 24.7 Å². The molecule has 0 unspecified atom stereocenters. The van der Waals surface area contributed by atoms with Crippen LogP contribution in [0.5, 0.6) is 0 Å². The van der Waals surface area contributed by atoms with Crippen LogP contribution in [0.15, 0.2) is 63.8 Å². The summed E-state index contributed by atoms with van der Waals surface area (Å²) in [4.78, 5) is 40.3. The molecule has 2 fully saturated rings. The summed E-state index contributed by atoms with van der Waals surface area (Å²) in [6, 6.07) is 15.5. The minimum atomic E-state index is 0.00461. The number of likely N-dealkylation sites (tertiary alicyclic amines) is 1. The number of carbonyl (C=O) groups excluding carboxylic acids is 2. The van der Waals surface area contributed by atoms with Crippen molar-refractivity contribution in [2.24, 2.45) is 0 Å². The molecule has 0 aliphatic carbocycles. The summed E-state index contributed by atoms with van der Waals surface area (Å²) in [5.41, 5.74) is 5.10. The molecule has 2 aromatic carbocycles. The van der Waals surface area contributed by atoms with Crippen LogP contribution in [0, 0.1) is 0 Å². The fourth-order valence-corrected chi connectivity index (χ4v) is 5.10. The zero-order chi connectivity index (χ0) is 23.1. The van der Waals surface area contributed by atoms with Gasteiger partial charge >= 0.3 is 0 Å². The second-order valence-corrected chi connectivity index (χ2v) is 9.35. The van der Waals surface area contributed by atoms with Gasteiger partial charge in [-0.2, -0.15) is 0 Å². The van der Waals surface area contributed by atoms with E-state index in [2.05, 4.69) is 14.9 Å². The van der Waals surface area contributed by atoms with Crippen LogP contribution in [0.25, 0.3) is 22.6 Å². The van der Waals surface area contributed by atoms with Crippen LogP contribution in [0.2, 0.25) is 0 Å². The van der Waals surface area contributed by atoms with Gasteiger partial charge < -0.3 is 14.2 Å². The van der Waals surface area contributed by atoms with E-state index in [1.165, 1.54) is 11.3 Å². The van der Waals surface area contributed by atoms with Crippen molar-refractivity contribution in [3.63, 3.8) is 0 Å². The Kier molecular flexibility index (Phi) is 5.35. The monoisotopic (exact) mass is 473 g/mol. The summed E-state index contributed by atoms with van der Waals surface area (Å²) in [5, 5.41) is 1.79. The number of aromatic nitrogens is 2. The molecule has 2 amide bonds. The second-order valence-electron chi connectivity index (χ2n) is 8.63. The third-order valence-corrected chi connectivity index (χ3v) is 7.16. The van der Waals surface area contributed by atoms with Crippen molar-refractivity contribution in [2.75, 3.05) is 39.3 Å². The lowest BCUT2D eigenvalue weighted by Gasteiger charge is -2.48. The minimum Gasteiger partial charge on any atom is -0.436 e. The van der Waals surface area contributed by atoms with Gasteiger partial charge in [0.05, 0.1) is 5.51 Å². The van der Waals surface area contributed by atoms with Crippen molar-refractivity contribution < 1.29 is 14.0 Å². The summed E-state index contributed by atoms with van der Waals surface area (Å²) in [7, 11) is 0. The molecule has 2 aliphatic heterocycles. The number of hydrogen-bond acceptors (Lipinski definition) is 7. The lowest BCUT2D eigenvalue weighted by Crippen LogP contribution is -2.64. The standard InChI is InChI=1S/C25H23N5O3S/c31-24(18-6-7-22-20(12-18)27-23(33-22)17-4-2-1-3-5-17)30-13-19(14-30)28-8-10-29(11-9-28)25(32)21-15-34-16-26-21/h1-7,12,15-16,19H,8-11,13-14H2. The average Bonchev–Trinajstić information content (AvgIpc) is 3.53. The van der Waals surface area contributed by atoms with Gasteiger partial charge in [0.2, 0.25) is 5.89 Å². The number of benzene rings is 2. The highest BCUT2D eigenvalue weighted by Crippen LogP contribution is 2.26. The van der Waals surface area contributed by atoms with Gasteiger partial charge in [-0.25, -0.2) is 9.97 Å². The van der Waals surface area contributed by atoms with Crippen molar-refractivity contribution >= 4 is 34.3 Å². The van der Waals surface area contributed by atoms with Gasteiger partial charge in [0.1, 0.15) is 11.2 Å². The fraction of sp³-hybridized carbons (Fsp3) is 0.280. The molecule has 0 N–H and O–H groups in total. The van der Waals surface area contributed by atoms with Gasteiger partial charge in [-0.3, -0.25) is 14.5 Å². The molecule has 2 aromatic heterocycles. The Balaban J connectivity index is 1.06. The third kappa shape index (κ3) is 3.86. The number of fused-ring (bicyclic) bond motifs is 1. The van der Waals surface area contributed by atoms with Crippen LogP contribution in [0.1, 0.15) is 20.8 Å². The number of oxazole rings is 1. The Bertz CT molecular complexity index is 1320. The first-order chi connectivity index (χ1) is 16.7. The molecular formula is C25H23N5O3S. The first-order valence-electron chi connectivity index (χ1n) is 11.3. The van der Waals surface area contributed by atoms with Crippen LogP contribution < -0.4 is 0 Å². The van der Waals surface area contributed by atoms with E-state index in [1.54, 1.807) is 17.0 Å². The maximum Gasteiger partial charge on any atom is 0.273 e. The van der Waals surface area contributed by atoms with Gasteiger partial charge in [0.25, 0.3) is 11.8 Å². The number of thiazole rings is 1. The van der Waals surface area contributed by atoms with E-state index in [9.17, 15) is 9.59 Å². The van der Waals surface area contributed by atoms with E-state index in [4.69, 9.17) is 4.42 Å². The van der Waals surface area contributed by atoms with E-state index in [-0.39, 0.29) is 11.8 Å². The number of amides is 2. The fourth-order valence-electron chi connectivity index (χ4n) is 4.57. The summed E-state index contributed by atoms with van der Waals surface area (Å²) >= 11 is 1.44. The molecule has 9 heteroatoms. The molecule has 6 rings (SSSR count). The number of nitrogens with zero attached hydrogens (tertiary/aromatic N) is 5. The van der Waals surface area contributed by atoms with Crippen molar-refractivity contribution in [1.29, 1.82) is 0 Å². The predicted octanol–water partition coefficient (Wildman–Crippen LogP) is 3.23. The average molecular weight is 474 g/mol. The van der Waals surface area contributed by atoms with Crippen LogP contribution in [0.4, 0.5) is 0 Å². The predicted molar refractivity (Wildman–Crippen MR) is 129 cm³/mol. The van der Waals surface area contributed by atoms with Crippen LogP contribution in [-0.4, -0.2) is 81.8 Å². The van der Waals surface area contributed by atoms with Crippen LogP contribution in [-0.2, 0) is 0 Å². The second kappa shape index (κ2) is 8.66. The summed E-state index contributed by atoms with van der Waals surface area (Å²) in [6.07, 6.45) is 0. The highest BCUT2D eigenvalue weighted by atomic mass is 32.1. The smallest absolute Gasteiger partial charge is 0.273 e. The molecule has 0 atom stereocenters. The number of carbonyl (C=O) groups is 2. The zero-order valence-electron chi connectivity index (χ0n) is 18.5. The molecule has 0 spiro atoms. The van der Waals surface area contributed by atoms with Gasteiger partial charge in [-0.15, -0.1) is 11.3 Å². The molecule has 4 heterocycles. The molecular weight excluding hydrogens is 450 g/mol. The van der Waals surface area contributed by atoms with E-state index in [0.717, 1.165) is 18.7 Å². The Morgan fingerprint density at radius 3 is 2.47 bits per heavy atom. The largest absolute Gasteiger partial charge is 0.436 e. The summed E-state index contributed by atoms with van der Waals surface area (Å²) < 4.78 is 5.86. The van der Waals surface area contributed by atoms with Gasteiger partial charge in [0, 0.05) is 61.8 Å². The number of hydrogen-bond donors (Lipinski definition) is 0. The quantitative estimate of drug-likeness (QED) is 0.453. The first-order valence-corrected chi connectivity index (χ1v) is 12.3. The van der Waals surface area contributed by atoms with Gasteiger partial charge in [0.15, 0.2) is 5.58 Å². The highest BCUT2D eigenvalue weighted by molar-refractivity contribution is 7.07. The maximum atomic E-state index is 13.0. The van der Waals surface area contributed by atoms with E-state index in [0.29, 0.717) is 60.5 Å². The molecule has 2 saturated heterocycles. The molecule has 8 nitrogen and oxygen atoms in total. The van der Waals surface area contributed by atoms with Crippen molar-refractivity contribution in [2.45, 2.75) is 6.04 Å². The topological polar surface area (TPSA) is 82.8 Å². The Morgan fingerprint density at radius 2 is 1.74 bits per heavy atom. The lowest BCUT2D eigenvalue weighted by atomic mass is 10.0. The molecule has 4 aromatic rings. The lowest BCUT2D eigenvalue weighted by molar-refractivity contribution is 0.00844. The number of rotatable bonds is 4. The SMILES string of the molecule is O=C(c1ccc2oc(-c3ccccc3)nc2c1)N1CC(N2CCN(C(=O)c3cscn3)CC2)C1. The Morgan fingerprint density at radius 1 is 0.941 bits per heavy atom. The van der Waals surface area contributed by atoms with Crippen LogP contribution >= 0.6 is 11.3 Å². The van der Waals surface area contributed by atoms with Crippen molar-refractivity contribution in [3.8, 4) is 11.5 Å². The van der Waals surface area contributed by atoms with Gasteiger partial charge in [-0.1, -0.05) is 18.2 Å². The van der Waals surface area contributed by atoms with E-state index >= 15 is 0 Å². The molecule has 172 valence electrons. The Labute approximate surface area is 200 Å². The van der Waals surface area contributed by atoms with Gasteiger partial charge in [-0.05, 0) is 30.3 Å². The van der Waals surface area contributed by atoms with E-state index < -0.39 is 0 Å². The third-order valence-electron chi connectivity index (χ3n) is 6.57. The minimum absolute atomic E-state index is 0.00461. The number of piperazine rings is 1. The Hall–Kier alpha value is -3.56. The summed E-state index contributed by atoms with van der Waals surface area (Å²) in [6.45, 7) is 4.40.